The zero-order chi connectivity index (χ0) is 14.4. The Morgan fingerprint density at radius 2 is 2.20 bits per heavy atom. The fraction of sp³-hybridized carbons (Fsp3) is 0.333. The Morgan fingerprint density at radius 1 is 1.45 bits per heavy atom. The van der Waals surface area contributed by atoms with E-state index < -0.39 is 0 Å². The molecule has 0 aliphatic heterocycles. The first kappa shape index (κ1) is 14.5. The van der Waals surface area contributed by atoms with Crippen LogP contribution in [0.15, 0.2) is 35.5 Å². The normalized spacial score (nSPS) is 12.1. The van der Waals surface area contributed by atoms with E-state index in [0.29, 0.717) is 11.6 Å². The van der Waals surface area contributed by atoms with Crippen LogP contribution in [0.1, 0.15) is 19.8 Å². The summed E-state index contributed by atoms with van der Waals surface area (Å²) < 4.78 is 1.61. The van der Waals surface area contributed by atoms with Crippen LogP contribution in [-0.4, -0.2) is 31.4 Å². The highest BCUT2D eigenvalue weighted by atomic mass is 32.2. The van der Waals surface area contributed by atoms with Gasteiger partial charge in [-0.15, -0.1) is 5.10 Å². The average Bonchev–Trinajstić information content (AvgIpc) is 2.95. The monoisotopic (exact) mass is 292 g/mol. The number of aromatic nitrogens is 4. The first-order valence-electron chi connectivity index (χ1n) is 6.27. The van der Waals surface area contributed by atoms with Gasteiger partial charge in [0.15, 0.2) is 0 Å². The van der Waals surface area contributed by atoms with Crippen LogP contribution in [0.2, 0.25) is 0 Å². The van der Waals surface area contributed by atoms with Crippen LogP contribution in [0.3, 0.4) is 0 Å². The molecule has 8 heteroatoms. The van der Waals surface area contributed by atoms with E-state index in [1.807, 2.05) is 37.3 Å². The highest BCUT2D eigenvalue weighted by Crippen LogP contribution is 2.25. The highest BCUT2D eigenvalue weighted by molar-refractivity contribution is 8.00. The minimum Gasteiger partial charge on any atom is -0.293 e. The lowest BCUT2D eigenvalue weighted by Crippen LogP contribution is -2.37. The Morgan fingerprint density at radius 3 is 2.85 bits per heavy atom. The fourth-order valence-electron chi connectivity index (χ4n) is 1.71. The van der Waals surface area contributed by atoms with E-state index in [4.69, 9.17) is 5.84 Å². The van der Waals surface area contributed by atoms with Gasteiger partial charge >= 0.3 is 0 Å². The van der Waals surface area contributed by atoms with Gasteiger partial charge in [-0.2, -0.15) is 4.68 Å². The van der Waals surface area contributed by atoms with E-state index in [9.17, 15) is 4.79 Å². The quantitative estimate of drug-likeness (QED) is 0.355. The van der Waals surface area contributed by atoms with Crippen LogP contribution < -0.4 is 11.3 Å². The summed E-state index contributed by atoms with van der Waals surface area (Å²) in [5, 5.41) is 11.9. The molecule has 1 aromatic carbocycles. The largest absolute Gasteiger partial charge is 0.293 e. The van der Waals surface area contributed by atoms with Crippen molar-refractivity contribution in [2.24, 2.45) is 5.84 Å². The van der Waals surface area contributed by atoms with Gasteiger partial charge in [-0.25, -0.2) is 5.84 Å². The number of para-hydroxylation sites is 1. The molecule has 0 spiro atoms. The molecule has 106 valence electrons. The maximum absolute atomic E-state index is 11.7. The second kappa shape index (κ2) is 7.01. The first-order chi connectivity index (χ1) is 9.76. The molecule has 0 aliphatic rings. The van der Waals surface area contributed by atoms with Crippen molar-refractivity contribution in [3.63, 3.8) is 0 Å². The lowest BCUT2D eigenvalue weighted by atomic mass is 10.2. The predicted molar refractivity (Wildman–Crippen MR) is 76.0 cm³/mol. The lowest BCUT2D eigenvalue weighted by Gasteiger charge is -2.13. The molecule has 1 heterocycles. The molecule has 0 saturated carbocycles. The number of amides is 1. The molecule has 2 aromatic rings. The summed E-state index contributed by atoms with van der Waals surface area (Å²) in [5.74, 6) is 4.99. The van der Waals surface area contributed by atoms with E-state index in [-0.39, 0.29) is 11.2 Å². The molecule has 0 bridgehead atoms. The first-order valence-corrected chi connectivity index (χ1v) is 7.15. The Labute approximate surface area is 120 Å². The van der Waals surface area contributed by atoms with Gasteiger partial charge in [-0.1, -0.05) is 43.3 Å². The van der Waals surface area contributed by atoms with Gasteiger partial charge in [0.25, 0.3) is 0 Å². The number of thioether (sulfide) groups is 1. The number of nitrogens with zero attached hydrogens (tertiary/aromatic N) is 4. The number of nitrogens with two attached hydrogens (primary N) is 1. The van der Waals surface area contributed by atoms with Crippen LogP contribution in [0.5, 0.6) is 0 Å². The molecule has 1 atom stereocenters. The number of nitrogens with one attached hydrogen (secondary N) is 1. The van der Waals surface area contributed by atoms with E-state index >= 15 is 0 Å². The Hall–Kier alpha value is -1.93. The van der Waals surface area contributed by atoms with Crippen molar-refractivity contribution in [1.29, 1.82) is 0 Å². The maximum Gasteiger partial charge on any atom is 0.247 e. The minimum atomic E-state index is -0.307. The molecule has 0 fully saturated rings. The highest BCUT2D eigenvalue weighted by Gasteiger charge is 2.21. The van der Waals surface area contributed by atoms with Crippen molar-refractivity contribution in [3.05, 3.63) is 30.3 Å². The second-order valence-electron chi connectivity index (χ2n) is 4.11. The molecule has 7 nitrogen and oxygen atoms in total. The third-order valence-corrected chi connectivity index (χ3v) is 3.87. The van der Waals surface area contributed by atoms with Crippen molar-refractivity contribution in [2.75, 3.05) is 0 Å². The zero-order valence-corrected chi connectivity index (χ0v) is 11.9. The average molecular weight is 292 g/mol. The predicted octanol–water partition coefficient (Wildman–Crippen LogP) is 0.913. The van der Waals surface area contributed by atoms with Gasteiger partial charge < -0.3 is 0 Å². The van der Waals surface area contributed by atoms with Crippen molar-refractivity contribution >= 4 is 17.7 Å². The van der Waals surface area contributed by atoms with Crippen LogP contribution in [-0.2, 0) is 4.79 Å². The van der Waals surface area contributed by atoms with Crippen LogP contribution in [0.4, 0.5) is 0 Å². The Kier molecular flexibility index (Phi) is 5.08. The maximum atomic E-state index is 11.7. The van der Waals surface area contributed by atoms with Gasteiger partial charge in [-0.05, 0) is 29.0 Å². The van der Waals surface area contributed by atoms with Gasteiger partial charge in [-0.3, -0.25) is 10.2 Å². The van der Waals surface area contributed by atoms with E-state index in [2.05, 4.69) is 21.0 Å². The summed E-state index contributed by atoms with van der Waals surface area (Å²) >= 11 is 1.31. The molecule has 0 radical (unpaired) electrons. The number of carbonyl (C=O) groups is 1. The van der Waals surface area contributed by atoms with Crippen molar-refractivity contribution in [3.8, 4) is 5.69 Å². The number of rotatable bonds is 6. The smallest absolute Gasteiger partial charge is 0.247 e. The summed E-state index contributed by atoms with van der Waals surface area (Å²) in [6, 6.07) is 9.53. The Bertz CT molecular complexity index is 558. The van der Waals surface area contributed by atoms with Gasteiger partial charge in [0, 0.05) is 0 Å². The molecule has 3 N–H and O–H groups in total. The Balaban J connectivity index is 2.21. The van der Waals surface area contributed by atoms with Crippen LogP contribution in [0.25, 0.3) is 5.69 Å². The van der Waals surface area contributed by atoms with Gasteiger partial charge in [0.05, 0.1) is 10.9 Å². The zero-order valence-electron chi connectivity index (χ0n) is 11.1. The number of hydrazine groups is 1. The summed E-state index contributed by atoms with van der Waals surface area (Å²) in [4.78, 5) is 11.7. The third-order valence-electron chi connectivity index (χ3n) is 2.67. The summed E-state index contributed by atoms with van der Waals surface area (Å²) in [6.45, 7) is 2.01. The minimum absolute atomic E-state index is 0.223. The molecule has 0 saturated heterocycles. The standard InChI is InChI=1S/C12H16N6OS/c1-2-6-10(11(19)14-13)20-12-15-16-17-18(12)9-7-4-3-5-8-9/h3-5,7-8,10H,2,6,13H2,1H3,(H,14,19). The molecule has 20 heavy (non-hydrogen) atoms. The fourth-order valence-corrected chi connectivity index (χ4v) is 2.82. The summed E-state index contributed by atoms with van der Waals surface area (Å²) in [6.07, 6.45) is 1.58. The summed E-state index contributed by atoms with van der Waals surface area (Å²) in [7, 11) is 0. The molecule has 1 unspecified atom stereocenters. The topological polar surface area (TPSA) is 98.7 Å². The van der Waals surface area contributed by atoms with Crippen LogP contribution >= 0.6 is 11.8 Å². The SMILES string of the molecule is CCCC(Sc1nnnn1-c1ccccc1)C(=O)NN. The number of hydrogen-bond acceptors (Lipinski definition) is 6. The van der Waals surface area contributed by atoms with E-state index in [1.54, 1.807) is 4.68 Å². The third kappa shape index (κ3) is 3.34. The summed E-state index contributed by atoms with van der Waals surface area (Å²) in [5.41, 5.74) is 3.03. The van der Waals surface area contributed by atoms with E-state index in [1.165, 1.54) is 11.8 Å². The second-order valence-corrected chi connectivity index (χ2v) is 5.28. The van der Waals surface area contributed by atoms with Crippen molar-refractivity contribution < 1.29 is 4.79 Å². The molecular formula is C12H16N6OS. The van der Waals surface area contributed by atoms with E-state index in [0.717, 1.165) is 12.1 Å². The molecule has 2 rings (SSSR count). The molecule has 1 aromatic heterocycles. The number of tetrazole rings is 1. The number of hydrogen-bond donors (Lipinski definition) is 2. The number of benzene rings is 1. The lowest BCUT2D eigenvalue weighted by molar-refractivity contribution is -0.120. The molecule has 1 amide bonds. The van der Waals surface area contributed by atoms with Crippen LogP contribution in [0, 0.1) is 0 Å². The van der Waals surface area contributed by atoms with Gasteiger partial charge in [0.2, 0.25) is 11.1 Å². The van der Waals surface area contributed by atoms with Crippen molar-refractivity contribution in [2.45, 2.75) is 30.2 Å². The number of carbonyl (C=O) groups excluding carboxylic acids is 1. The van der Waals surface area contributed by atoms with Crippen molar-refractivity contribution in [1.82, 2.24) is 25.6 Å². The van der Waals surface area contributed by atoms with Gasteiger partial charge in [0.1, 0.15) is 0 Å². The molecular weight excluding hydrogens is 276 g/mol. The molecule has 0 aliphatic carbocycles.